The van der Waals surface area contributed by atoms with Gasteiger partial charge in [-0.1, -0.05) is 12.1 Å². The number of aromatic nitrogens is 2. The molecule has 5 nitrogen and oxygen atoms in total. The van der Waals surface area contributed by atoms with Gasteiger partial charge in [0.05, 0.1) is 11.9 Å². The van der Waals surface area contributed by atoms with Gasteiger partial charge in [0.25, 0.3) is 0 Å². The summed E-state index contributed by atoms with van der Waals surface area (Å²) >= 11 is 0. The summed E-state index contributed by atoms with van der Waals surface area (Å²) < 4.78 is 2.24. The number of fused-ring (bicyclic) bond motifs is 1. The molecule has 0 spiro atoms. The van der Waals surface area contributed by atoms with Gasteiger partial charge in [0, 0.05) is 30.4 Å². The van der Waals surface area contributed by atoms with Gasteiger partial charge in [0.1, 0.15) is 23.5 Å². The van der Waals surface area contributed by atoms with Crippen molar-refractivity contribution >= 4 is 5.69 Å². The Labute approximate surface area is 122 Å². The van der Waals surface area contributed by atoms with Crippen LogP contribution in [0.4, 0.5) is 5.69 Å². The largest absolute Gasteiger partial charge is 0.360 e. The highest BCUT2D eigenvalue weighted by molar-refractivity contribution is 5.66. The van der Waals surface area contributed by atoms with E-state index in [-0.39, 0.29) is 5.57 Å². The molecule has 1 N–H and O–H groups in total. The minimum absolute atomic E-state index is 0.0469. The van der Waals surface area contributed by atoms with Crippen molar-refractivity contribution in [2.45, 2.75) is 19.4 Å². The van der Waals surface area contributed by atoms with Crippen molar-refractivity contribution in [3.05, 3.63) is 48.1 Å². The SMILES string of the molecule is N#CC(C#N)=CNc1cccc(-c2cnc3n2CCC3)c1. The second-order valence-corrected chi connectivity index (χ2v) is 4.82. The molecule has 0 saturated heterocycles. The van der Waals surface area contributed by atoms with Crippen molar-refractivity contribution in [3.63, 3.8) is 0 Å². The molecule has 2 heterocycles. The van der Waals surface area contributed by atoms with Crippen LogP contribution in [0.25, 0.3) is 11.3 Å². The van der Waals surface area contributed by atoms with Gasteiger partial charge in [-0.25, -0.2) is 4.98 Å². The number of allylic oxidation sites excluding steroid dienone is 1. The molecule has 3 rings (SSSR count). The van der Waals surface area contributed by atoms with Crippen LogP contribution in [-0.2, 0) is 13.0 Å². The molecule has 1 aliphatic rings. The number of nitrogens with zero attached hydrogens (tertiary/aromatic N) is 4. The summed E-state index contributed by atoms with van der Waals surface area (Å²) in [6.07, 6.45) is 5.50. The van der Waals surface area contributed by atoms with E-state index in [4.69, 9.17) is 10.5 Å². The quantitative estimate of drug-likeness (QED) is 0.874. The molecule has 0 radical (unpaired) electrons. The molecule has 1 aliphatic heterocycles. The van der Waals surface area contributed by atoms with Crippen molar-refractivity contribution < 1.29 is 0 Å². The normalized spacial score (nSPS) is 12.1. The number of nitriles is 2. The first kappa shape index (κ1) is 13.0. The zero-order valence-electron chi connectivity index (χ0n) is 11.4. The lowest BCUT2D eigenvalue weighted by Gasteiger charge is -2.07. The Balaban J connectivity index is 1.89. The molecule has 1 aromatic carbocycles. The Morgan fingerprint density at radius 1 is 1.33 bits per heavy atom. The van der Waals surface area contributed by atoms with Crippen LogP contribution in [0.15, 0.2) is 42.2 Å². The smallest absolute Gasteiger partial charge is 0.145 e. The van der Waals surface area contributed by atoms with E-state index < -0.39 is 0 Å². The lowest BCUT2D eigenvalue weighted by molar-refractivity contribution is 0.756. The molecule has 0 aliphatic carbocycles. The molecule has 0 saturated carbocycles. The fourth-order valence-electron chi connectivity index (χ4n) is 2.50. The van der Waals surface area contributed by atoms with Crippen molar-refractivity contribution in [2.75, 3.05) is 5.32 Å². The van der Waals surface area contributed by atoms with E-state index in [2.05, 4.69) is 14.9 Å². The maximum absolute atomic E-state index is 8.72. The monoisotopic (exact) mass is 275 g/mol. The Morgan fingerprint density at radius 3 is 3.00 bits per heavy atom. The summed E-state index contributed by atoms with van der Waals surface area (Å²) in [5.74, 6) is 1.14. The zero-order chi connectivity index (χ0) is 14.7. The molecule has 1 aromatic heterocycles. The van der Waals surface area contributed by atoms with Crippen LogP contribution in [0.2, 0.25) is 0 Å². The predicted molar refractivity (Wildman–Crippen MR) is 78.9 cm³/mol. The molecule has 21 heavy (non-hydrogen) atoms. The number of benzene rings is 1. The summed E-state index contributed by atoms with van der Waals surface area (Å²) in [6, 6.07) is 11.5. The number of anilines is 1. The first-order valence-corrected chi connectivity index (χ1v) is 6.73. The van der Waals surface area contributed by atoms with Crippen molar-refractivity contribution in [1.29, 1.82) is 10.5 Å². The number of rotatable bonds is 3. The molecule has 0 amide bonds. The first-order chi connectivity index (χ1) is 10.3. The van der Waals surface area contributed by atoms with E-state index in [1.165, 1.54) is 6.20 Å². The van der Waals surface area contributed by atoms with Crippen LogP contribution in [0.1, 0.15) is 12.2 Å². The van der Waals surface area contributed by atoms with E-state index in [0.29, 0.717) is 0 Å². The third-order valence-corrected chi connectivity index (χ3v) is 3.50. The van der Waals surface area contributed by atoms with Gasteiger partial charge >= 0.3 is 0 Å². The van der Waals surface area contributed by atoms with E-state index in [1.54, 1.807) is 0 Å². The minimum Gasteiger partial charge on any atom is -0.360 e. The minimum atomic E-state index is 0.0469. The third kappa shape index (κ3) is 2.50. The molecule has 0 unspecified atom stereocenters. The fourth-order valence-corrected chi connectivity index (χ4v) is 2.50. The van der Waals surface area contributed by atoms with Crippen LogP contribution in [0.5, 0.6) is 0 Å². The fraction of sp³-hybridized carbons (Fsp3) is 0.188. The second-order valence-electron chi connectivity index (χ2n) is 4.82. The Bertz CT molecular complexity index is 770. The topological polar surface area (TPSA) is 77.4 Å². The summed E-state index contributed by atoms with van der Waals surface area (Å²) in [6.45, 7) is 1.01. The first-order valence-electron chi connectivity index (χ1n) is 6.73. The summed E-state index contributed by atoms with van der Waals surface area (Å²) in [7, 11) is 0. The highest BCUT2D eigenvalue weighted by Crippen LogP contribution is 2.27. The molecular formula is C16H13N5. The van der Waals surface area contributed by atoms with E-state index in [9.17, 15) is 0 Å². The Kier molecular flexibility index (Phi) is 3.41. The second kappa shape index (κ2) is 5.52. The van der Waals surface area contributed by atoms with E-state index >= 15 is 0 Å². The highest BCUT2D eigenvalue weighted by Gasteiger charge is 2.16. The van der Waals surface area contributed by atoms with Gasteiger partial charge in [-0.05, 0) is 18.6 Å². The number of aryl methyl sites for hydroxylation is 1. The number of hydrogen-bond acceptors (Lipinski definition) is 4. The standard InChI is InChI=1S/C16H13N5/c17-8-12(9-18)10-19-14-4-1-3-13(7-14)15-11-20-16-5-2-6-21(15)16/h1,3-4,7,10-11,19H,2,5-6H2. The molecule has 102 valence electrons. The van der Waals surface area contributed by atoms with Gasteiger partial charge in [-0.3, -0.25) is 0 Å². The van der Waals surface area contributed by atoms with E-state index in [1.807, 2.05) is 42.6 Å². The Hall–Kier alpha value is -3.05. The average Bonchev–Trinajstić information content (AvgIpc) is 3.11. The van der Waals surface area contributed by atoms with Crippen LogP contribution in [-0.4, -0.2) is 9.55 Å². The maximum Gasteiger partial charge on any atom is 0.145 e. The van der Waals surface area contributed by atoms with Crippen LogP contribution in [0.3, 0.4) is 0 Å². The third-order valence-electron chi connectivity index (χ3n) is 3.50. The number of nitrogens with one attached hydrogen (secondary N) is 1. The summed E-state index contributed by atoms with van der Waals surface area (Å²) in [4.78, 5) is 4.45. The lowest BCUT2D eigenvalue weighted by Crippen LogP contribution is -1.96. The van der Waals surface area contributed by atoms with Crippen molar-refractivity contribution in [1.82, 2.24) is 9.55 Å². The summed E-state index contributed by atoms with van der Waals surface area (Å²) in [5.41, 5.74) is 3.06. The molecule has 0 fully saturated rings. The molecular weight excluding hydrogens is 262 g/mol. The molecule has 2 aromatic rings. The van der Waals surface area contributed by atoms with Crippen LogP contribution < -0.4 is 5.32 Å². The van der Waals surface area contributed by atoms with E-state index in [0.717, 1.165) is 42.2 Å². The molecule has 0 atom stereocenters. The zero-order valence-corrected chi connectivity index (χ0v) is 11.4. The van der Waals surface area contributed by atoms with Crippen molar-refractivity contribution in [3.8, 4) is 23.4 Å². The van der Waals surface area contributed by atoms with Crippen LogP contribution >= 0.6 is 0 Å². The highest BCUT2D eigenvalue weighted by atomic mass is 15.1. The molecule has 0 bridgehead atoms. The lowest BCUT2D eigenvalue weighted by atomic mass is 10.1. The van der Waals surface area contributed by atoms with Gasteiger partial charge in [-0.2, -0.15) is 10.5 Å². The Morgan fingerprint density at radius 2 is 2.19 bits per heavy atom. The van der Waals surface area contributed by atoms with Crippen LogP contribution in [0, 0.1) is 22.7 Å². The summed E-state index contributed by atoms with van der Waals surface area (Å²) in [5, 5.41) is 20.4. The molecule has 5 heteroatoms. The van der Waals surface area contributed by atoms with Gasteiger partial charge in [0.15, 0.2) is 0 Å². The predicted octanol–water partition coefficient (Wildman–Crippen LogP) is 2.84. The average molecular weight is 275 g/mol. The van der Waals surface area contributed by atoms with Gasteiger partial charge in [-0.15, -0.1) is 0 Å². The maximum atomic E-state index is 8.72. The van der Waals surface area contributed by atoms with Gasteiger partial charge < -0.3 is 9.88 Å². The van der Waals surface area contributed by atoms with Gasteiger partial charge in [0.2, 0.25) is 0 Å². The number of imidazole rings is 1. The van der Waals surface area contributed by atoms with Crippen molar-refractivity contribution in [2.24, 2.45) is 0 Å². The number of hydrogen-bond donors (Lipinski definition) is 1.